The summed E-state index contributed by atoms with van der Waals surface area (Å²) < 4.78 is 0. The Morgan fingerprint density at radius 2 is 2.26 bits per heavy atom. The Balaban J connectivity index is 2.30. The summed E-state index contributed by atoms with van der Waals surface area (Å²) in [6, 6.07) is 2.25. The molecule has 0 saturated carbocycles. The van der Waals surface area contributed by atoms with Gasteiger partial charge in [-0.05, 0) is 44.6 Å². The number of rotatable bonds is 2. The second kappa shape index (κ2) is 5.58. The molecule has 1 amide bonds. The Kier molecular flexibility index (Phi) is 4.06. The maximum atomic E-state index is 11.8. The van der Waals surface area contributed by atoms with E-state index >= 15 is 0 Å². The standard InChI is InChI=1S/C15H18N2OS/c1-9(2)6-14(18)17-15-12(8-16)11-5-4-10(3)7-13(11)19-15/h6,10H,4-5,7H2,1-3H3,(H,17,18). The van der Waals surface area contributed by atoms with E-state index in [4.69, 9.17) is 0 Å². The van der Waals surface area contributed by atoms with Crippen molar-refractivity contribution >= 4 is 22.2 Å². The highest BCUT2D eigenvalue weighted by Gasteiger charge is 2.24. The van der Waals surface area contributed by atoms with Crippen LogP contribution in [0.3, 0.4) is 0 Å². The first-order chi connectivity index (χ1) is 9.01. The van der Waals surface area contributed by atoms with Crippen LogP contribution in [0.25, 0.3) is 0 Å². The summed E-state index contributed by atoms with van der Waals surface area (Å²) in [5.41, 5.74) is 2.77. The van der Waals surface area contributed by atoms with Crippen molar-refractivity contribution in [2.24, 2.45) is 5.92 Å². The molecule has 0 radical (unpaired) electrons. The number of nitrogens with one attached hydrogen (secondary N) is 1. The fraction of sp³-hybridized carbons (Fsp3) is 0.467. The summed E-state index contributed by atoms with van der Waals surface area (Å²) in [5, 5.41) is 12.9. The van der Waals surface area contributed by atoms with Gasteiger partial charge in [0.25, 0.3) is 0 Å². The first-order valence-electron chi connectivity index (χ1n) is 6.51. The predicted octanol–water partition coefficient (Wildman–Crippen LogP) is 3.65. The normalized spacial score (nSPS) is 17.3. The average Bonchev–Trinajstić information content (AvgIpc) is 2.63. The Labute approximate surface area is 117 Å². The van der Waals surface area contributed by atoms with Crippen LogP contribution in [0.15, 0.2) is 11.6 Å². The highest BCUT2D eigenvalue weighted by molar-refractivity contribution is 7.16. The predicted molar refractivity (Wildman–Crippen MR) is 78.3 cm³/mol. The van der Waals surface area contributed by atoms with Crippen LogP contribution in [0.2, 0.25) is 0 Å². The third kappa shape index (κ3) is 3.05. The first-order valence-corrected chi connectivity index (χ1v) is 7.33. The number of nitrogens with zero attached hydrogens (tertiary/aromatic N) is 1. The van der Waals surface area contributed by atoms with Crippen LogP contribution >= 0.6 is 11.3 Å². The number of fused-ring (bicyclic) bond motifs is 1. The summed E-state index contributed by atoms with van der Waals surface area (Å²) in [5.74, 6) is 0.516. The number of hydrogen-bond acceptors (Lipinski definition) is 3. The summed E-state index contributed by atoms with van der Waals surface area (Å²) in [6.45, 7) is 5.99. The van der Waals surface area contributed by atoms with Gasteiger partial charge in [0.2, 0.25) is 5.91 Å². The number of carbonyl (C=O) groups excluding carboxylic acids is 1. The van der Waals surface area contributed by atoms with Crippen LogP contribution in [0.4, 0.5) is 5.00 Å². The van der Waals surface area contributed by atoms with Crippen LogP contribution in [-0.2, 0) is 17.6 Å². The molecule has 1 aliphatic carbocycles. The van der Waals surface area contributed by atoms with Gasteiger partial charge >= 0.3 is 0 Å². The van der Waals surface area contributed by atoms with Gasteiger partial charge in [-0.1, -0.05) is 12.5 Å². The number of nitriles is 1. The summed E-state index contributed by atoms with van der Waals surface area (Å²) >= 11 is 1.56. The largest absolute Gasteiger partial charge is 0.313 e. The van der Waals surface area contributed by atoms with Crippen molar-refractivity contribution in [3.8, 4) is 6.07 Å². The lowest BCUT2D eigenvalue weighted by Crippen LogP contribution is -2.10. The van der Waals surface area contributed by atoms with E-state index in [1.165, 1.54) is 4.88 Å². The number of amides is 1. The van der Waals surface area contributed by atoms with Gasteiger partial charge in [-0.15, -0.1) is 11.3 Å². The monoisotopic (exact) mass is 274 g/mol. The Morgan fingerprint density at radius 3 is 2.89 bits per heavy atom. The highest BCUT2D eigenvalue weighted by atomic mass is 32.1. The molecule has 1 N–H and O–H groups in total. The van der Waals surface area contributed by atoms with E-state index in [1.807, 2.05) is 13.8 Å². The molecule has 19 heavy (non-hydrogen) atoms. The minimum absolute atomic E-state index is 0.150. The van der Waals surface area contributed by atoms with E-state index in [1.54, 1.807) is 17.4 Å². The summed E-state index contributed by atoms with van der Waals surface area (Å²) in [6.07, 6.45) is 4.66. The molecule has 0 spiro atoms. The fourth-order valence-electron chi connectivity index (χ4n) is 2.37. The zero-order valence-electron chi connectivity index (χ0n) is 11.5. The van der Waals surface area contributed by atoms with Crippen molar-refractivity contribution < 1.29 is 4.79 Å². The molecule has 1 atom stereocenters. The van der Waals surface area contributed by atoms with E-state index in [2.05, 4.69) is 18.3 Å². The van der Waals surface area contributed by atoms with Crippen LogP contribution in [0.1, 0.15) is 43.2 Å². The second-order valence-electron chi connectivity index (χ2n) is 5.38. The molecule has 100 valence electrons. The van der Waals surface area contributed by atoms with E-state index in [9.17, 15) is 10.1 Å². The average molecular weight is 274 g/mol. The van der Waals surface area contributed by atoms with Gasteiger partial charge in [-0.2, -0.15) is 5.26 Å². The number of carbonyl (C=O) groups is 1. The van der Waals surface area contributed by atoms with E-state index in [-0.39, 0.29) is 5.91 Å². The molecule has 0 saturated heterocycles. The molecule has 2 rings (SSSR count). The van der Waals surface area contributed by atoms with Crippen molar-refractivity contribution in [3.63, 3.8) is 0 Å². The number of anilines is 1. The van der Waals surface area contributed by atoms with E-state index < -0.39 is 0 Å². The molecule has 0 aliphatic heterocycles. The molecule has 3 nitrogen and oxygen atoms in total. The third-order valence-electron chi connectivity index (χ3n) is 3.28. The second-order valence-corrected chi connectivity index (χ2v) is 6.48. The number of thiophene rings is 1. The third-order valence-corrected chi connectivity index (χ3v) is 4.45. The molecule has 1 unspecified atom stereocenters. The molecule has 1 aromatic rings. The molecular formula is C15H18N2OS. The van der Waals surface area contributed by atoms with Crippen LogP contribution in [0.5, 0.6) is 0 Å². The quantitative estimate of drug-likeness (QED) is 0.837. The zero-order chi connectivity index (χ0) is 14.0. The van der Waals surface area contributed by atoms with Crippen LogP contribution < -0.4 is 5.32 Å². The van der Waals surface area contributed by atoms with Gasteiger partial charge in [0.1, 0.15) is 11.1 Å². The van der Waals surface area contributed by atoms with Crippen molar-refractivity contribution in [1.29, 1.82) is 5.26 Å². The molecule has 1 aromatic heterocycles. The van der Waals surface area contributed by atoms with Gasteiger partial charge in [0.15, 0.2) is 0 Å². The molecule has 4 heteroatoms. The molecule has 0 fully saturated rings. The van der Waals surface area contributed by atoms with Crippen molar-refractivity contribution in [1.82, 2.24) is 0 Å². The summed E-state index contributed by atoms with van der Waals surface area (Å²) in [4.78, 5) is 13.0. The van der Waals surface area contributed by atoms with Gasteiger partial charge < -0.3 is 5.32 Å². The zero-order valence-corrected chi connectivity index (χ0v) is 12.4. The molecule has 1 aliphatic rings. The van der Waals surface area contributed by atoms with Gasteiger partial charge in [-0.25, -0.2) is 0 Å². The van der Waals surface area contributed by atoms with E-state index in [0.717, 1.165) is 30.4 Å². The number of hydrogen-bond donors (Lipinski definition) is 1. The number of allylic oxidation sites excluding steroid dienone is 1. The highest BCUT2D eigenvalue weighted by Crippen LogP contribution is 2.39. The van der Waals surface area contributed by atoms with Crippen molar-refractivity contribution in [2.45, 2.75) is 40.0 Å². The van der Waals surface area contributed by atoms with Gasteiger partial charge in [-0.3, -0.25) is 4.79 Å². The molecule has 0 bridgehead atoms. The maximum absolute atomic E-state index is 11.8. The Morgan fingerprint density at radius 1 is 1.53 bits per heavy atom. The first kappa shape index (κ1) is 13.8. The molecule has 0 aromatic carbocycles. The lowest BCUT2D eigenvalue weighted by Gasteiger charge is -2.17. The summed E-state index contributed by atoms with van der Waals surface area (Å²) in [7, 11) is 0. The topological polar surface area (TPSA) is 52.9 Å². The lowest BCUT2D eigenvalue weighted by molar-refractivity contribution is -0.111. The molecule has 1 heterocycles. The Bertz CT molecular complexity index is 574. The maximum Gasteiger partial charge on any atom is 0.248 e. The van der Waals surface area contributed by atoms with Crippen LogP contribution in [0, 0.1) is 17.2 Å². The van der Waals surface area contributed by atoms with Gasteiger partial charge in [0, 0.05) is 11.0 Å². The lowest BCUT2D eigenvalue weighted by atomic mass is 9.89. The van der Waals surface area contributed by atoms with Gasteiger partial charge in [0.05, 0.1) is 5.56 Å². The van der Waals surface area contributed by atoms with E-state index in [0.29, 0.717) is 16.5 Å². The van der Waals surface area contributed by atoms with Crippen molar-refractivity contribution in [3.05, 3.63) is 27.7 Å². The Hall–Kier alpha value is -1.60. The van der Waals surface area contributed by atoms with Crippen molar-refractivity contribution in [2.75, 3.05) is 5.32 Å². The van der Waals surface area contributed by atoms with Crippen LogP contribution in [-0.4, -0.2) is 5.91 Å². The smallest absolute Gasteiger partial charge is 0.248 e. The minimum atomic E-state index is -0.150. The SMILES string of the molecule is CC(C)=CC(=O)Nc1sc2c(c1C#N)CCC(C)C2. The fourth-order valence-corrected chi connectivity index (χ4v) is 3.73. The minimum Gasteiger partial charge on any atom is -0.313 e. The molecular weight excluding hydrogens is 256 g/mol.